The van der Waals surface area contributed by atoms with Gasteiger partial charge in [0.05, 0.1) is 23.6 Å². The summed E-state index contributed by atoms with van der Waals surface area (Å²) in [6.45, 7) is 1.80. The summed E-state index contributed by atoms with van der Waals surface area (Å²) in [4.78, 5) is 10.8. The molecule has 1 atom stereocenters. The van der Waals surface area contributed by atoms with E-state index >= 15 is 0 Å². The Bertz CT molecular complexity index is 920. The summed E-state index contributed by atoms with van der Waals surface area (Å²) in [5.74, 6) is 2.87. The second kappa shape index (κ2) is 7.28. The van der Waals surface area contributed by atoms with E-state index in [9.17, 15) is 8.42 Å². The molecule has 3 rings (SSSR count). The third kappa shape index (κ3) is 4.19. The van der Waals surface area contributed by atoms with Crippen molar-refractivity contribution < 1.29 is 13.2 Å². The van der Waals surface area contributed by atoms with Gasteiger partial charge < -0.3 is 15.0 Å². The molecule has 1 aromatic heterocycles. The fourth-order valence-electron chi connectivity index (χ4n) is 2.96. The van der Waals surface area contributed by atoms with Crippen molar-refractivity contribution in [2.24, 2.45) is 0 Å². The first-order valence-corrected chi connectivity index (χ1v) is 10.4. The average molecular weight is 397 g/mol. The number of nitrogens with one attached hydrogen (secondary N) is 1. The van der Waals surface area contributed by atoms with Gasteiger partial charge in [-0.3, -0.25) is 0 Å². The van der Waals surface area contributed by atoms with Crippen molar-refractivity contribution in [3.8, 4) is 5.75 Å². The molecule has 1 saturated heterocycles. The molecule has 0 amide bonds. The van der Waals surface area contributed by atoms with Gasteiger partial charge in [-0.05, 0) is 31.5 Å². The molecule has 1 unspecified atom stereocenters. The first kappa shape index (κ1) is 18.7. The highest BCUT2D eigenvalue weighted by molar-refractivity contribution is 7.91. The zero-order valence-electron chi connectivity index (χ0n) is 14.9. The van der Waals surface area contributed by atoms with Crippen LogP contribution in [0.4, 0.5) is 17.3 Å². The molecule has 0 radical (unpaired) electrons. The van der Waals surface area contributed by atoms with Crippen molar-refractivity contribution in [3.63, 3.8) is 0 Å². The van der Waals surface area contributed by atoms with E-state index in [4.69, 9.17) is 16.3 Å². The second-order valence-electron chi connectivity index (χ2n) is 6.30. The number of aromatic nitrogens is 2. The number of methoxy groups -OCH3 is 1. The zero-order valence-corrected chi connectivity index (χ0v) is 16.4. The van der Waals surface area contributed by atoms with Gasteiger partial charge in [-0.2, -0.15) is 0 Å². The number of nitrogens with zero attached hydrogens (tertiary/aromatic N) is 3. The predicted molar refractivity (Wildman–Crippen MR) is 104 cm³/mol. The minimum absolute atomic E-state index is 0.0717. The number of aryl methyl sites for hydroxylation is 1. The molecule has 2 heterocycles. The Morgan fingerprint density at radius 3 is 2.69 bits per heavy atom. The van der Waals surface area contributed by atoms with E-state index < -0.39 is 9.84 Å². The van der Waals surface area contributed by atoms with Crippen molar-refractivity contribution in [3.05, 3.63) is 35.1 Å². The maximum Gasteiger partial charge on any atom is 0.152 e. The molecular formula is C17H21ClN4O3S. The van der Waals surface area contributed by atoms with E-state index in [0.717, 1.165) is 5.69 Å². The molecule has 26 heavy (non-hydrogen) atoms. The highest BCUT2D eigenvalue weighted by Crippen LogP contribution is 2.29. The Labute approximate surface area is 158 Å². The molecule has 1 aliphatic heterocycles. The molecule has 1 fully saturated rings. The lowest BCUT2D eigenvalue weighted by molar-refractivity contribution is 0.415. The topological polar surface area (TPSA) is 84.4 Å². The van der Waals surface area contributed by atoms with Crippen molar-refractivity contribution in [2.45, 2.75) is 19.4 Å². The fourth-order valence-corrected chi connectivity index (χ4v) is 4.99. The normalized spacial score (nSPS) is 18.5. The number of halogens is 1. The van der Waals surface area contributed by atoms with E-state index in [-0.39, 0.29) is 17.5 Å². The molecule has 7 nitrogen and oxygen atoms in total. The number of hydrogen-bond donors (Lipinski definition) is 1. The Morgan fingerprint density at radius 1 is 1.31 bits per heavy atom. The van der Waals surface area contributed by atoms with Gasteiger partial charge in [0.25, 0.3) is 0 Å². The molecule has 0 bridgehead atoms. The molecule has 0 spiro atoms. The van der Waals surface area contributed by atoms with Gasteiger partial charge in [-0.25, -0.2) is 18.4 Å². The Balaban J connectivity index is 1.82. The standard InChI is InChI=1S/C17H21ClN4O3S/c1-11-19-16(21-12-4-5-15(25-3)14(18)8-12)9-17(20-11)22(2)13-6-7-26(23,24)10-13/h4-5,8-9,13H,6-7,10H2,1-3H3,(H,19,20,21). The van der Waals surface area contributed by atoms with Crippen molar-refractivity contribution in [2.75, 3.05) is 35.9 Å². The summed E-state index contributed by atoms with van der Waals surface area (Å²) in [6, 6.07) is 7.10. The summed E-state index contributed by atoms with van der Waals surface area (Å²) in [5.41, 5.74) is 0.769. The quantitative estimate of drug-likeness (QED) is 0.831. The van der Waals surface area contributed by atoms with Crippen LogP contribution < -0.4 is 15.0 Å². The second-order valence-corrected chi connectivity index (χ2v) is 8.94. The van der Waals surface area contributed by atoms with Crippen LogP contribution in [0.3, 0.4) is 0 Å². The minimum Gasteiger partial charge on any atom is -0.495 e. The van der Waals surface area contributed by atoms with Crippen LogP contribution in [0, 0.1) is 6.92 Å². The smallest absolute Gasteiger partial charge is 0.152 e. The Hall–Kier alpha value is -2.06. The lowest BCUT2D eigenvalue weighted by Gasteiger charge is -2.25. The first-order chi connectivity index (χ1) is 12.3. The van der Waals surface area contributed by atoms with Crippen LogP contribution in [0.25, 0.3) is 0 Å². The van der Waals surface area contributed by atoms with Crippen LogP contribution in [0.2, 0.25) is 5.02 Å². The summed E-state index contributed by atoms with van der Waals surface area (Å²) >= 11 is 6.16. The van der Waals surface area contributed by atoms with Crippen LogP contribution in [0.1, 0.15) is 12.2 Å². The van der Waals surface area contributed by atoms with Gasteiger partial charge >= 0.3 is 0 Å². The van der Waals surface area contributed by atoms with Gasteiger partial charge in [0.1, 0.15) is 23.2 Å². The van der Waals surface area contributed by atoms with E-state index in [1.807, 2.05) is 18.0 Å². The molecule has 2 aromatic rings. The van der Waals surface area contributed by atoms with Gasteiger partial charge in [0, 0.05) is 24.8 Å². The summed E-state index contributed by atoms with van der Waals surface area (Å²) in [6.07, 6.45) is 0.610. The monoisotopic (exact) mass is 396 g/mol. The van der Waals surface area contributed by atoms with Crippen LogP contribution in [-0.4, -0.2) is 50.1 Å². The molecule has 9 heteroatoms. The van der Waals surface area contributed by atoms with Crippen LogP contribution in [-0.2, 0) is 9.84 Å². The van der Waals surface area contributed by atoms with E-state index in [0.29, 0.717) is 34.7 Å². The molecular weight excluding hydrogens is 376 g/mol. The number of hydrogen-bond acceptors (Lipinski definition) is 7. The largest absolute Gasteiger partial charge is 0.495 e. The number of rotatable bonds is 5. The van der Waals surface area contributed by atoms with Crippen LogP contribution >= 0.6 is 11.6 Å². The summed E-state index contributed by atoms with van der Waals surface area (Å²) < 4.78 is 28.6. The molecule has 0 saturated carbocycles. The summed E-state index contributed by atoms with van der Waals surface area (Å²) in [7, 11) is 0.469. The zero-order chi connectivity index (χ0) is 18.9. The fraction of sp³-hybridized carbons (Fsp3) is 0.412. The summed E-state index contributed by atoms with van der Waals surface area (Å²) in [5, 5.41) is 3.70. The third-order valence-electron chi connectivity index (χ3n) is 4.37. The van der Waals surface area contributed by atoms with E-state index in [1.54, 1.807) is 32.2 Å². The number of anilines is 3. The number of benzene rings is 1. The average Bonchev–Trinajstić information content (AvgIpc) is 2.94. The Kier molecular flexibility index (Phi) is 5.24. The van der Waals surface area contributed by atoms with Gasteiger partial charge in [-0.15, -0.1) is 0 Å². The van der Waals surface area contributed by atoms with E-state index in [2.05, 4.69) is 15.3 Å². The molecule has 0 aliphatic carbocycles. The first-order valence-electron chi connectivity index (χ1n) is 8.17. The number of ether oxygens (including phenoxy) is 1. The van der Waals surface area contributed by atoms with Crippen molar-refractivity contribution >= 4 is 38.8 Å². The van der Waals surface area contributed by atoms with Crippen LogP contribution in [0.5, 0.6) is 5.75 Å². The lowest BCUT2D eigenvalue weighted by atomic mass is 10.2. The van der Waals surface area contributed by atoms with Crippen LogP contribution in [0.15, 0.2) is 24.3 Å². The van der Waals surface area contributed by atoms with Gasteiger partial charge in [0.15, 0.2) is 9.84 Å². The molecule has 1 aromatic carbocycles. The molecule has 140 valence electrons. The third-order valence-corrected chi connectivity index (χ3v) is 6.41. The molecule has 1 aliphatic rings. The molecule has 1 N–H and O–H groups in total. The highest BCUT2D eigenvalue weighted by atomic mass is 35.5. The highest BCUT2D eigenvalue weighted by Gasteiger charge is 2.31. The Morgan fingerprint density at radius 2 is 2.08 bits per heavy atom. The lowest BCUT2D eigenvalue weighted by Crippen LogP contribution is -2.33. The van der Waals surface area contributed by atoms with E-state index in [1.165, 1.54) is 0 Å². The van der Waals surface area contributed by atoms with Gasteiger partial charge in [-0.1, -0.05) is 11.6 Å². The maximum absolute atomic E-state index is 11.7. The predicted octanol–water partition coefficient (Wildman–Crippen LogP) is 2.81. The minimum atomic E-state index is -2.96. The van der Waals surface area contributed by atoms with Gasteiger partial charge in [0.2, 0.25) is 0 Å². The maximum atomic E-state index is 11.7. The SMILES string of the molecule is COc1ccc(Nc2cc(N(C)C3CCS(=O)(=O)C3)nc(C)n2)cc1Cl. The van der Waals surface area contributed by atoms with Crippen molar-refractivity contribution in [1.29, 1.82) is 0 Å². The number of sulfone groups is 1. The van der Waals surface area contributed by atoms with Crippen molar-refractivity contribution in [1.82, 2.24) is 9.97 Å².